The molecule has 0 aliphatic carbocycles. The number of hydrogen-bond acceptors (Lipinski definition) is 8. The van der Waals surface area contributed by atoms with Crippen molar-refractivity contribution in [2.45, 2.75) is 32.0 Å². The molecule has 1 atom stereocenters. The van der Waals surface area contributed by atoms with Gasteiger partial charge in [0.2, 0.25) is 5.91 Å². The van der Waals surface area contributed by atoms with E-state index >= 15 is 0 Å². The summed E-state index contributed by atoms with van der Waals surface area (Å²) in [6, 6.07) is 19.5. The van der Waals surface area contributed by atoms with Crippen LogP contribution < -0.4 is 30.7 Å². The number of methoxy groups -OCH3 is 2. The third-order valence-corrected chi connectivity index (χ3v) is 8.49. The van der Waals surface area contributed by atoms with Gasteiger partial charge in [-0.05, 0) is 30.7 Å². The second-order valence-corrected chi connectivity index (χ2v) is 11.4. The fourth-order valence-corrected chi connectivity index (χ4v) is 6.05. The molecule has 1 saturated heterocycles. The Bertz CT molecular complexity index is 1650. The van der Waals surface area contributed by atoms with E-state index in [2.05, 4.69) is 26.3 Å². The van der Waals surface area contributed by atoms with Gasteiger partial charge in [0.05, 0.1) is 47.9 Å². The van der Waals surface area contributed by atoms with Crippen molar-refractivity contribution in [2.24, 2.45) is 0 Å². The molecule has 0 spiro atoms. The highest BCUT2D eigenvalue weighted by Gasteiger charge is 2.21. The molecule has 4 aromatic rings. The van der Waals surface area contributed by atoms with Gasteiger partial charge in [0.15, 0.2) is 0 Å². The number of aliphatic hydroxyl groups excluding tert-OH is 1. The molecule has 2 heterocycles. The molecule has 1 aromatic heterocycles. The van der Waals surface area contributed by atoms with Crippen molar-refractivity contribution in [3.63, 3.8) is 0 Å². The molecule has 3 aromatic carbocycles. The van der Waals surface area contributed by atoms with Crippen LogP contribution in [0.1, 0.15) is 24.0 Å². The van der Waals surface area contributed by atoms with E-state index in [4.69, 9.17) is 37.8 Å². The van der Waals surface area contributed by atoms with Crippen LogP contribution >= 0.6 is 23.2 Å². The zero-order valence-corrected chi connectivity index (χ0v) is 26.8. The molecule has 0 bridgehead atoms. The molecule has 1 amide bonds. The van der Waals surface area contributed by atoms with Crippen LogP contribution in [0.3, 0.4) is 0 Å². The third kappa shape index (κ3) is 7.69. The Morgan fingerprint density at radius 3 is 2.47 bits per heavy atom. The zero-order valence-electron chi connectivity index (χ0n) is 25.3. The molecular formula is C34H37Cl2N5O4. The first-order valence-corrected chi connectivity index (χ1v) is 15.5. The van der Waals surface area contributed by atoms with Crippen LogP contribution in [-0.2, 0) is 17.9 Å². The molecule has 1 aliphatic rings. The molecular weight excluding hydrogens is 613 g/mol. The number of rotatable bonds is 14. The van der Waals surface area contributed by atoms with Crippen LogP contribution in [0.5, 0.6) is 11.5 Å². The number of carbonyl (C=O) groups is 1. The van der Waals surface area contributed by atoms with Gasteiger partial charge in [0, 0.05) is 72.7 Å². The predicted molar refractivity (Wildman–Crippen MR) is 180 cm³/mol. The van der Waals surface area contributed by atoms with Gasteiger partial charge in [-0.2, -0.15) is 0 Å². The highest BCUT2D eigenvalue weighted by atomic mass is 35.5. The number of amides is 1. The van der Waals surface area contributed by atoms with E-state index in [0.29, 0.717) is 65.5 Å². The van der Waals surface area contributed by atoms with Crippen LogP contribution in [0, 0.1) is 0 Å². The van der Waals surface area contributed by atoms with Crippen molar-refractivity contribution in [3.05, 3.63) is 88.0 Å². The molecule has 5 N–H and O–H groups in total. The Morgan fingerprint density at radius 2 is 1.71 bits per heavy atom. The molecule has 236 valence electrons. The summed E-state index contributed by atoms with van der Waals surface area (Å²) < 4.78 is 11.4. The first-order chi connectivity index (χ1) is 21.9. The zero-order chi connectivity index (χ0) is 31.8. The van der Waals surface area contributed by atoms with Gasteiger partial charge in [0.1, 0.15) is 11.5 Å². The molecule has 9 nitrogen and oxygen atoms in total. The SMILES string of the molecule is COc1cc(-c2nccc(-c3cccc(Nc4cccc(CNCCO)c4OC)c3Cl)c2Cl)ccc1CNC[C@@H]1CCC(=O)N1. The van der Waals surface area contributed by atoms with Gasteiger partial charge in [-0.25, -0.2) is 0 Å². The van der Waals surface area contributed by atoms with E-state index < -0.39 is 0 Å². The smallest absolute Gasteiger partial charge is 0.220 e. The van der Waals surface area contributed by atoms with Gasteiger partial charge in [-0.3, -0.25) is 9.78 Å². The Balaban J connectivity index is 1.38. The Kier molecular flexibility index (Phi) is 11.2. The maximum Gasteiger partial charge on any atom is 0.220 e. The minimum absolute atomic E-state index is 0.0571. The maximum absolute atomic E-state index is 11.5. The molecule has 0 radical (unpaired) electrons. The summed E-state index contributed by atoms with van der Waals surface area (Å²) in [6.07, 6.45) is 3.14. The molecule has 1 fully saturated rings. The number of anilines is 2. The van der Waals surface area contributed by atoms with Crippen molar-refractivity contribution < 1.29 is 19.4 Å². The molecule has 0 saturated carbocycles. The minimum Gasteiger partial charge on any atom is -0.496 e. The lowest BCUT2D eigenvalue weighted by molar-refractivity contribution is -0.119. The molecule has 0 unspecified atom stereocenters. The number of pyridine rings is 1. The van der Waals surface area contributed by atoms with Crippen LogP contribution in [0.25, 0.3) is 22.4 Å². The Hall–Kier alpha value is -3.86. The normalized spacial score (nSPS) is 14.3. The van der Waals surface area contributed by atoms with E-state index in [1.54, 1.807) is 20.4 Å². The Morgan fingerprint density at radius 1 is 0.933 bits per heavy atom. The van der Waals surface area contributed by atoms with E-state index in [9.17, 15) is 4.79 Å². The summed E-state index contributed by atoms with van der Waals surface area (Å²) in [5, 5.41) is 23.1. The van der Waals surface area contributed by atoms with Crippen LogP contribution in [-0.4, -0.2) is 56.0 Å². The van der Waals surface area contributed by atoms with Gasteiger partial charge in [0.25, 0.3) is 0 Å². The average Bonchev–Trinajstić information content (AvgIpc) is 3.47. The number of aromatic nitrogens is 1. The molecule has 1 aliphatic heterocycles. The molecule has 11 heteroatoms. The lowest BCUT2D eigenvalue weighted by atomic mass is 10.0. The summed E-state index contributed by atoms with van der Waals surface area (Å²) in [6.45, 7) is 2.38. The lowest BCUT2D eigenvalue weighted by Crippen LogP contribution is -2.35. The number of aliphatic hydroxyl groups is 1. The van der Waals surface area contributed by atoms with Gasteiger partial charge >= 0.3 is 0 Å². The fraction of sp³-hybridized carbons (Fsp3) is 0.294. The highest BCUT2D eigenvalue weighted by molar-refractivity contribution is 6.39. The standard InChI is InChI=1S/C34H37Cl2N5O4/c1-44-29-17-21(9-10-22(29)18-38-20-24-11-12-30(43)40-24)33-32(36)26(13-14-39-33)25-6-4-7-27(31(25)35)41-28-8-3-5-23(34(28)45-2)19-37-15-16-42/h3-10,13-14,17,24,37-38,41-42H,11-12,15-16,18-20H2,1-2H3,(H,40,43)/t24-/m0/s1. The largest absolute Gasteiger partial charge is 0.496 e. The number of hydrogen-bond donors (Lipinski definition) is 5. The summed E-state index contributed by atoms with van der Waals surface area (Å²) in [7, 11) is 3.27. The van der Waals surface area contributed by atoms with E-state index in [1.807, 2.05) is 60.7 Å². The van der Waals surface area contributed by atoms with E-state index in [-0.39, 0.29) is 18.6 Å². The number of benzene rings is 3. The lowest BCUT2D eigenvalue weighted by Gasteiger charge is -2.18. The van der Waals surface area contributed by atoms with Crippen molar-refractivity contribution in [1.82, 2.24) is 20.9 Å². The van der Waals surface area contributed by atoms with Crippen molar-refractivity contribution in [1.29, 1.82) is 0 Å². The first-order valence-electron chi connectivity index (χ1n) is 14.8. The van der Waals surface area contributed by atoms with Crippen molar-refractivity contribution >= 4 is 40.5 Å². The monoisotopic (exact) mass is 649 g/mol. The first kappa shape index (κ1) is 32.5. The molecule has 5 rings (SSSR count). The van der Waals surface area contributed by atoms with Gasteiger partial charge in [-0.15, -0.1) is 0 Å². The number of carbonyl (C=O) groups excluding carboxylic acids is 1. The van der Waals surface area contributed by atoms with Crippen LogP contribution in [0.15, 0.2) is 66.9 Å². The van der Waals surface area contributed by atoms with Crippen molar-refractivity contribution in [3.8, 4) is 33.9 Å². The average molecular weight is 651 g/mol. The number of nitrogens with zero attached hydrogens (tertiary/aromatic N) is 1. The number of ether oxygens (including phenoxy) is 2. The summed E-state index contributed by atoms with van der Waals surface area (Å²) in [5.74, 6) is 1.51. The minimum atomic E-state index is 0.0571. The maximum atomic E-state index is 11.5. The van der Waals surface area contributed by atoms with E-state index in [0.717, 1.165) is 39.9 Å². The van der Waals surface area contributed by atoms with Gasteiger partial charge in [-0.1, -0.05) is 59.6 Å². The number of para-hydroxylation sites is 1. The number of nitrogens with one attached hydrogen (secondary N) is 4. The summed E-state index contributed by atoms with van der Waals surface area (Å²) >= 11 is 14.0. The second kappa shape index (κ2) is 15.4. The second-order valence-electron chi connectivity index (χ2n) is 10.7. The molecule has 45 heavy (non-hydrogen) atoms. The van der Waals surface area contributed by atoms with E-state index in [1.165, 1.54) is 0 Å². The number of halogens is 2. The Labute approximate surface area is 273 Å². The summed E-state index contributed by atoms with van der Waals surface area (Å²) in [5.41, 5.74) is 6.31. The summed E-state index contributed by atoms with van der Waals surface area (Å²) in [4.78, 5) is 16.1. The topological polar surface area (TPSA) is 117 Å². The third-order valence-electron chi connectivity index (χ3n) is 7.70. The van der Waals surface area contributed by atoms with Gasteiger partial charge < -0.3 is 35.8 Å². The van der Waals surface area contributed by atoms with Crippen LogP contribution in [0.2, 0.25) is 10.0 Å². The highest BCUT2D eigenvalue weighted by Crippen LogP contribution is 2.42. The predicted octanol–water partition coefficient (Wildman–Crippen LogP) is 5.93. The fourth-order valence-electron chi connectivity index (χ4n) is 5.45. The van der Waals surface area contributed by atoms with Crippen molar-refractivity contribution in [2.75, 3.05) is 39.2 Å². The quantitative estimate of drug-likeness (QED) is 0.107. The van der Waals surface area contributed by atoms with Crippen LogP contribution in [0.4, 0.5) is 11.4 Å².